The summed E-state index contributed by atoms with van der Waals surface area (Å²) in [4.78, 5) is 15.4. The first-order valence-electron chi connectivity index (χ1n) is 7.14. The van der Waals surface area contributed by atoms with Crippen molar-refractivity contribution in [1.29, 1.82) is 0 Å². The van der Waals surface area contributed by atoms with Crippen LogP contribution in [0, 0.1) is 0 Å². The monoisotopic (exact) mass is 265 g/mol. The Morgan fingerprint density at radius 3 is 2.58 bits per heavy atom. The summed E-state index contributed by atoms with van der Waals surface area (Å²) in [6.07, 6.45) is 3.44. The van der Waals surface area contributed by atoms with E-state index in [-0.39, 0.29) is 6.10 Å². The molecular weight excluding hydrogens is 242 g/mol. The fourth-order valence-corrected chi connectivity index (χ4v) is 1.96. The molecule has 0 radical (unpaired) electrons. The SMILES string of the molecule is CCNc1nc(OC(C)CC)nc(N2CCCC2)n1. The van der Waals surface area contributed by atoms with Crippen molar-refractivity contribution in [2.24, 2.45) is 0 Å². The number of aromatic nitrogens is 3. The molecule has 19 heavy (non-hydrogen) atoms. The lowest BCUT2D eigenvalue weighted by atomic mass is 10.3. The normalized spacial score (nSPS) is 16.5. The van der Waals surface area contributed by atoms with E-state index in [1.165, 1.54) is 12.8 Å². The quantitative estimate of drug-likeness (QED) is 0.849. The summed E-state index contributed by atoms with van der Waals surface area (Å²) in [7, 11) is 0. The molecule has 0 aliphatic carbocycles. The highest BCUT2D eigenvalue weighted by Gasteiger charge is 2.18. The van der Waals surface area contributed by atoms with Gasteiger partial charge in [-0.2, -0.15) is 15.0 Å². The minimum atomic E-state index is 0.114. The maximum absolute atomic E-state index is 5.72. The molecule has 2 heterocycles. The Labute approximate surface area is 114 Å². The Morgan fingerprint density at radius 1 is 1.21 bits per heavy atom. The minimum absolute atomic E-state index is 0.114. The van der Waals surface area contributed by atoms with Gasteiger partial charge in [0.15, 0.2) is 0 Å². The molecule has 1 N–H and O–H groups in total. The number of hydrogen-bond acceptors (Lipinski definition) is 6. The second kappa shape index (κ2) is 6.54. The summed E-state index contributed by atoms with van der Waals surface area (Å²) in [5.41, 5.74) is 0. The van der Waals surface area contributed by atoms with Gasteiger partial charge in [-0.1, -0.05) is 6.92 Å². The molecule has 1 fully saturated rings. The average Bonchev–Trinajstić information content (AvgIpc) is 2.92. The molecule has 1 saturated heterocycles. The number of ether oxygens (including phenoxy) is 1. The molecular formula is C13H23N5O. The van der Waals surface area contributed by atoms with Crippen LogP contribution in [0.2, 0.25) is 0 Å². The van der Waals surface area contributed by atoms with Crippen molar-refractivity contribution in [3.63, 3.8) is 0 Å². The van der Waals surface area contributed by atoms with Gasteiger partial charge in [-0.3, -0.25) is 0 Å². The van der Waals surface area contributed by atoms with Crippen LogP contribution in [0.5, 0.6) is 6.01 Å². The van der Waals surface area contributed by atoms with Gasteiger partial charge in [-0.05, 0) is 33.1 Å². The number of nitrogens with one attached hydrogen (secondary N) is 1. The Morgan fingerprint density at radius 2 is 1.95 bits per heavy atom. The van der Waals surface area contributed by atoms with Crippen LogP contribution in [-0.4, -0.2) is 40.7 Å². The largest absolute Gasteiger partial charge is 0.460 e. The van der Waals surface area contributed by atoms with Crippen LogP contribution in [0.3, 0.4) is 0 Å². The fourth-order valence-electron chi connectivity index (χ4n) is 1.96. The molecule has 1 aromatic heterocycles. The van der Waals surface area contributed by atoms with Crippen LogP contribution in [0.25, 0.3) is 0 Å². The van der Waals surface area contributed by atoms with Gasteiger partial charge in [0.1, 0.15) is 0 Å². The van der Waals surface area contributed by atoms with Crippen LogP contribution in [0.1, 0.15) is 40.0 Å². The van der Waals surface area contributed by atoms with Gasteiger partial charge in [0.05, 0.1) is 6.10 Å². The van der Waals surface area contributed by atoms with Gasteiger partial charge in [0.2, 0.25) is 11.9 Å². The molecule has 1 atom stereocenters. The summed E-state index contributed by atoms with van der Waals surface area (Å²) in [5.74, 6) is 1.32. The first-order chi connectivity index (χ1) is 9.22. The lowest BCUT2D eigenvalue weighted by molar-refractivity contribution is 0.199. The van der Waals surface area contributed by atoms with Crippen LogP contribution in [0.15, 0.2) is 0 Å². The minimum Gasteiger partial charge on any atom is -0.460 e. The molecule has 1 aliphatic rings. The molecule has 1 unspecified atom stereocenters. The molecule has 0 aromatic carbocycles. The van der Waals surface area contributed by atoms with Gasteiger partial charge >= 0.3 is 6.01 Å². The van der Waals surface area contributed by atoms with Gasteiger partial charge in [-0.15, -0.1) is 0 Å². The first-order valence-corrected chi connectivity index (χ1v) is 7.14. The topological polar surface area (TPSA) is 63.2 Å². The number of rotatable bonds is 6. The van der Waals surface area contributed by atoms with Crippen molar-refractivity contribution < 1.29 is 4.74 Å². The third kappa shape index (κ3) is 3.68. The van der Waals surface area contributed by atoms with E-state index in [9.17, 15) is 0 Å². The fraction of sp³-hybridized carbons (Fsp3) is 0.769. The van der Waals surface area contributed by atoms with E-state index in [0.29, 0.717) is 12.0 Å². The van der Waals surface area contributed by atoms with E-state index in [1.54, 1.807) is 0 Å². The zero-order valence-corrected chi connectivity index (χ0v) is 12.0. The standard InChI is InChI=1S/C13H23N5O/c1-4-10(3)19-13-16-11(14-5-2)15-12(17-13)18-8-6-7-9-18/h10H,4-9H2,1-3H3,(H,14,15,16,17). The average molecular weight is 265 g/mol. The van der Waals surface area contributed by atoms with Crippen molar-refractivity contribution >= 4 is 11.9 Å². The Balaban J connectivity index is 2.20. The molecule has 106 valence electrons. The summed E-state index contributed by atoms with van der Waals surface area (Å²) in [6, 6.07) is 0.419. The lowest BCUT2D eigenvalue weighted by Gasteiger charge is -2.18. The van der Waals surface area contributed by atoms with E-state index in [0.717, 1.165) is 32.0 Å². The van der Waals surface area contributed by atoms with Crippen LogP contribution < -0.4 is 15.0 Å². The Kier molecular flexibility index (Phi) is 4.76. The zero-order valence-electron chi connectivity index (χ0n) is 12.0. The van der Waals surface area contributed by atoms with Crippen molar-refractivity contribution in [3.05, 3.63) is 0 Å². The second-order valence-corrected chi connectivity index (χ2v) is 4.80. The molecule has 6 heteroatoms. The van der Waals surface area contributed by atoms with E-state index < -0.39 is 0 Å². The highest BCUT2D eigenvalue weighted by Crippen LogP contribution is 2.20. The predicted molar refractivity (Wildman–Crippen MR) is 75.8 cm³/mol. The molecule has 0 amide bonds. The highest BCUT2D eigenvalue weighted by molar-refractivity contribution is 5.39. The van der Waals surface area contributed by atoms with E-state index >= 15 is 0 Å². The predicted octanol–water partition coefficient (Wildman–Crippen LogP) is 2.08. The van der Waals surface area contributed by atoms with Gasteiger partial charge < -0.3 is 15.0 Å². The number of anilines is 2. The Hall–Kier alpha value is -1.59. The lowest BCUT2D eigenvalue weighted by Crippen LogP contribution is -2.22. The van der Waals surface area contributed by atoms with E-state index in [2.05, 4.69) is 32.1 Å². The smallest absolute Gasteiger partial charge is 0.323 e. The maximum Gasteiger partial charge on any atom is 0.323 e. The van der Waals surface area contributed by atoms with Crippen molar-refractivity contribution in [2.45, 2.75) is 46.1 Å². The number of nitrogens with zero attached hydrogens (tertiary/aromatic N) is 4. The molecule has 0 spiro atoms. The second-order valence-electron chi connectivity index (χ2n) is 4.80. The van der Waals surface area contributed by atoms with Crippen LogP contribution >= 0.6 is 0 Å². The maximum atomic E-state index is 5.72. The summed E-state index contributed by atoms with van der Waals surface area (Å²) in [6.45, 7) is 8.93. The molecule has 0 bridgehead atoms. The van der Waals surface area contributed by atoms with Crippen molar-refractivity contribution in [3.8, 4) is 6.01 Å². The van der Waals surface area contributed by atoms with Crippen molar-refractivity contribution in [1.82, 2.24) is 15.0 Å². The van der Waals surface area contributed by atoms with Crippen LogP contribution in [-0.2, 0) is 0 Å². The van der Waals surface area contributed by atoms with Gasteiger partial charge in [-0.25, -0.2) is 0 Å². The summed E-state index contributed by atoms with van der Waals surface area (Å²) in [5, 5.41) is 3.13. The summed E-state index contributed by atoms with van der Waals surface area (Å²) >= 11 is 0. The molecule has 6 nitrogen and oxygen atoms in total. The summed E-state index contributed by atoms with van der Waals surface area (Å²) < 4.78 is 5.72. The number of hydrogen-bond donors (Lipinski definition) is 1. The molecule has 2 rings (SSSR count). The van der Waals surface area contributed by atoms with Gasteiger partial charge in [0, 0.05) is 19.6 Å². The Bertz CT molecular complexity index is 406. The molecule has 1 aromatic rings. The van der Waals surface area contributed by atoms with Crippen molar-refractivity contribution in [2.75, 3.05) is 29.9 Å². The zero-order chi connectivity index (χ0) is 13.7. The highest BCUT2D eigenvalue weighted by atomic mass is 16.5. The molecule has 0 saturated carbocycles. The first kappa shape index (κ1) is 13.8. The van der Waals surface area contributed by atoms with Gasteiger partial charge in [0.25, 0.3) is 0 Å². The van der Waals surface area contributed by atoms with E-state index in [4.69, 9.17) is 4.74 Å². The third-order valence-corrected chi connectivity index (χ3v) is 3.21. The van der Waals surface area contributed by atoms with Crippen LogP contribution in [0.4, 0.5) is 11.9 Å². The third-order valence-electron chi connectivity index (χ3n) is 3.21. The van der Waals surface area contributed by atoms with E-state index in [1.807, 2.05) is 13.8 Å². The molecule has 1 aliphatic heterocycles.